The summed E-state index contributed by atoms with van der Waals surface area (Å²) in [7, 11) is 0. The summed E-state index contributed by atoms with van der Waals surface area (Å²) in [4.78, 5) is 4.31. The minimum atomic E-state index is 0.319. The standard InChI is InChI=1S/C11H17N3/c1-11(4-5-12-7-11)10-6-13-8-14(10)9-2-3-9/h6,8-9,12H,2-5,7H2,1H3. The lowest BCUT2D eigenvalue weighted by molar-refractivity contribution is 0.474. The average molecular weight is 191 g/mol. The highest BCUT2D eigenvalue weighted by atomic mass is 15.1. The van der Waals surface area contributed by atoms with Gasteiger partial charge in [0, 0.05) is 29.9 Å². The molecule has 2 aliphatic rings. The molecule has 3 heteroatoms. The number of hydrogen-bond donors (Lipinski definition) is 1. The molecule has 0 aromatic carbocycles. The third-order valence-electron chi connectivity index (χ3n) is 3.59. The Kier molecular flexibility index (Phi) is 1.71. The lowest BCUT2D eigenvalue weighted by Crippen LogP contribution is -2.27. The van der Waals surface area contributed by atoms with Crippen molar-refractivity contribution >= 4 is 0 Å². The van der Waals surface area contributed by atoms with Crippen LogP contribution in [0.3, 0.4) is 0 Å². The van der Waals surface area contributed by atoms with E-state index < -0.39 is 0 Å². The zero-order valence-corrected chi connectivity index (χ0v) is 8.66. The van der Waals surface area contributed by atoms with Crippen molar-refractivity contribution < 1.29 is 0 Å². The zero-order chi connectivity index (χ0) is 9.60. The number of hydrogen-bond acceptors (Lipinski definition) is 2. The number of aromatic nitrogens is 2. The van der Waals surface area contributed by atoms with Crippen LogP contribution in [0.4, 0.5) is 0 Å². The summed E-state index contributed by atoms with van der Waals surface area (Å²) < 4.78 is 2.40. The van der Waals surface area contributed by atoms with Gasteiger partial charge in [-0.25, -0.2) is 4.98 Å². The lowest BCUT2D eigenvalue weighted by atomic mass is 9.86. The van der Waals surface area contributed by atoms with Crippen LogP contribution in [0.15, 0.2) is 12.5 Å². The van der Waals surface area contributed by atoms with E-state index >= 15 is 0 Å². The maximum Gasteiger partial charge on any atom is 0.0950 e. The molecule has 3 nitrogen and oxygen atoms in total. The minimum Gasteiger partial charge on any atom is -0.331 e. The van der Waals surface area contributed by atoms with Crippen LogP contribution in [0.2, 0.25) is 0 Å². The van der Waals surface area contributed by atoms with Gasteiger partial charge in [0.25, 0.3) is 0 Å². The lowest BCUT2D eigenvalue weighted by Gasteiger charge is -2.24. The van der Waals surface area contributed by atoms with E-state index in [0.717, 1.165) is 19.1 Å². The summed E-state index contributed by atoms with van der Waals surface area (Å²) >= 11 is 0. The van der Waals surface area contributed by atoms with E-state index in [9.17, 15) is 0 Å². The van der Waals surface area contributed by atoms with Gasteiger partial charge in [0.1, 0.15) is 0 Å². The third-order valence-corrected chi connectivity index (χ3v) is 3.59. The van der Waals surface area contributed by atoms with E-state index in [1.165, 1.54) is 25.0 Å². The summed E-state index contributed by atoms with van der Waals surface area (Å²) in [5.74, 6) is 0. The van der Waals surface area contributed by atoms with Gasteiger partial charge in [-0.15, -0.1) is 0 Å². The van der Waals surface area contributed by atoms with Crippen LogP contribution < -0.4 is 5.32 Å². The molecule has 1 aromatic rings. The molecule has 0 amide bonds. The first-order valence-electron chi connectivity index (χ1n) is 5.53. The molecule has 1 saturated heterocycles. The molecule has 14 heavy (non-hydrogen) atoms. The Hall–Kier alpha value is -0.830. The highest BCUT2D eigenvalue weighted by Crippen LogP contribution is 2.39. The number of rotatable bonds is 2. The maximum atomic E-state index is 4.31. The van der Waals surface area contributed by atoms with E-state index in [0.29, 0.717) is 5.41 Å². The molecular formula is C11H17N3. The molecule has 1 aliphatic heterocycles. The van der Waals surface area contributed by atoms with Crippen molar-refractivity contribution in [3.63, 3.8) is 0 Å². The van der Waals surface area contributed by atoms with Gasteiger partial charge >= 0.3 is 0 Å². The van der Waals surface area contributed by atoms with Gasteiger partial charge < -0.3 is 9.88 Å². The van der Waals surface area contributed by atoms with E-state index in [-0.39, 0.29) is 0 Å². The molecule has 1 saturated carbocycles. The zero-order valence-electron chi connectivity index (χ0n) is 8.66. The van der Waals surface area contributed by atoms with Crippen LogP contribution in [0.1, 0.15) is 37.9 Å². The molecule has 3 rings (SSSR count). The number of nitrogens with zero attached hydrogens (tertiary/aromatic N) is 2. The fraction of sp³-hybridized carbons (Fsp3) is 0.727. The van der Waals surface area contributed by atoms with E-state index in [2.05, 4.69) is 28.0 Å². The normalized spacial score (nSPS) is 32.4. The molecule has 1 unspecified atom stereocenters. The Bertz CT molecular complexity index is 332. The molecular weight excluding hydrogens is 174 g/mol. The third kappa shape index (κ3) is 1.19. The first-order chi connectivity index (χ1) is 6.80. The van der Waals surface area contributed by atoms with Gasteiger partial charge in [-0.3, -0.25) is 0 Å². The summed E-state index contributed by atoms with van der Waals surface area (Å²) in [5.41, 5.74) is 1.75. The van der Waals surface area contributed by atoms with Crippen molar-refractivity contribution in [2.75, 3.05) is 13.1 Å². The van der Waals surface area contributed by atoms with Crippen molar-refractivity contribution in [2.24, 2.45) is 0 Å². The molecule has 1 N–H and O–H groups in total. The maximum absolute atomic E-state index is 4.31. The Morgan fingerprint density at radius 2 is 2.43 bits per heavy atom. The predicted molar refractivity (Wildman–Crippen MR) is 55.3 cm³/mol. The second-order valence-electron chi connectivity index (χ2n) is 4.90. The van der Waals surface area contributed by atoms with E-state index in [1.54, 1.807) is 0 Å². The molecule has 0 bridgehead atoms. The van der Waals surface area contributed by atoms with Gasteiger partial charge in [-0.05, 0) is 25.8 Å². The molecule has 0 spiro atoms. The fourth-order valence-corrected chi connectivity index (χ4v) is 2.45. The van der Waals surface area contributed by atoms with Crippen molar-refractivity contribution in [3.8, 4) is 0 Å². The van der Waals surface area contributed by atoms with Gasteiger partial charge in [-0.2, -0.15) is 0 Å². The first kappa shape index (κ1) is 8.48. The first-order valence-corrected chi connectivity index (χ1v) is 5.53. The Morgan fingerprint density at radius 3 is 3.07 bits per heavy atom. The van der Waals surface area contributed by atoms with E-state index in [4.69, 9.17) is 0 Å². The fourth-order valence-electron chi connectivity index (χ4n) is 2.45. The topological polar surface area (TPSA) is 29.9 Å². The molecule has 1 aliphatic carbocycles. The van der Waals surface area contributed by atoms with Crippen molar-refractivity contribution in [2.45, 2.75) is 37.6 Å². The van der Waals surface area contributed by atoms with Crippen LogP contribution in [-0.2, 0) is 5.41 Å². The summed E-state index contributed by atoms with van der Waals surface area (Å²) in [6, 6.07) is 0.755. The van der Waals surface area contributed by atoms with Crippen LogP contribution in [0, 0.1) is 0 Å². The summed E-state index contributed by atoms with van der Waals surface area (Å²) in [6.45, 7) is 4.60. The minimum absolute atomic E-state index is 0.319. The second kappa shape index (κ2) is 2.83. The van der Waals surface area contributed by atoms with Gasteiger partial charge in [0.15, 0.2) is 0 Å². The average Bonchev–Trinajstić information content (AvgIpc) is 2.75. The highest BCUT2D eigenvalue weighted by molar-refractivity contribution is 5.19. The molecule has 0 radical (unpaired) electrons. The van der Waals surface area contributed by atoms with Crippen molar-refractivity contribution in [1.29, 1.82) is 0 Å². The van der Waals surface area contributed by atoms with Crippen LogP contribution in [-0.4, -0.2) is 22.6 Å². The smallest absolute Gasteiger partial charge is 0.0950 e. The molecule has 2 fully saturated rings. The monoisotopic (exact) mass is 191 g/mol. The Balaban J connectivity index is 1.97. The molecule has 2 heterocycles. The van der Waals surface area contributed by atoms with Gasteiger partial charge in [0.05, 0.1) is 6.33 Å². The Labute approximate surface area is 84.5 Å². The van der Waals surface area contributed by atoms with Crippen molar-refractivity contribution in [1.82, 2.24) is 14.9 Å². The largest absolute Gasteiger partial charge is 0.331 e. The van der Waals surface area contributed by atoms with Crippen molar-refractivity contribution in [3.05, 3.63) is 18.2 Å². The summed E-state index contributed by atoms with van der Waals surface area (Å²) in [5, 5.41) is 3.45. The number of imidazole rings is 1. The molecule has 1 atom stereocenters. The quantitative estimate of drug-likeness (QED) is 0.767. The predicted octanol–water partition coefficient (Wildman–Crippen LogP) is 1.47. The highest BCUT2D eigenvalue weighted by Gasteiger charge is 2.36. The Morgan fingerprint density at radius 1 is 1.57 bits per heavy atom. The van der Waals surface area contributed by atoms with Gasteiger partial charge in [-0.1, -0.05) is 6.92 Å². The van der Waals surface area contributed by atoms with Crippen LogP contribution >= 0.6 is 0 Å². The van der Waals surface area contributed by atoms with Crippen LogP contribution in [0.25, 0.3) is 0 Å². The summed E-state index contributed by atoms with van der Waals surface area (Å²) in [6.07, 6.45) is 7.99. The second-order valence-corrected chi connectivity index (χ2v) is 4.90. The molecule has 1 aromatic heterocycles. The molecule has 76 valence electrons. The number of nitrogens with one attached hydrogen (secondary N) is 1. The van der Waals surface area contributed by atoms with Gasteiger partial charge in [0.2, 0.25) is 0 Å². The van der Waals surface area contributed by atoms with Crippen LogP contribution in [0.5, 0.6) is 0 Å². The SMILES string of the molecule is CC1(c2cncn2C2CC2)CCNC1. The van der Waals surface area contributed by atoms with E-state index in [1.807, 2.05) is 6.33 Å².